The second-order valence-corrected chi connectivity index (χ2v) is 14.9. The summed E-state index contributed by atoms with van der Waals surface area (Å²) in [6, 6.07) is 9.13. The highest BCUT2D eigenvalue weighted by Crippen LogP contribution is 2.42. The molecule has 7 heterocycles. The number of benzene rings is 2. The maximum atomic E-state index is 16.9. The van der Waals surface area contributed by atoms with Crippen LogP contribution >= 0.6 is 0 Å². The van der Waals surface area contributed by atoms with Gasteiger partial charge in [0, 0.05) is 57.3 Å². The van der Waals surface area contributed by atoms with Crippen molar-refractivity contribution in [2.75, 3.05) is 50.8 Å². The molecule has 3 fully saturated rings. The quantitative estimate of drug-likeness (QED) is 0.187. The van der Waals surface area contributed by atoms with Crippen molar-refractivity contribution in [3.8, 4) is 23.0 Å². The number of carboxylic acids is 2. The third-order valence-electron chi connectivity index (χ3n) is 10.9. The molecule has 2 aromatic carbocycles. The molecule has 5 aliphatic rings. The molecule has 6 bridgehead atoms. The first-order chi connectivity index (χ1) is 28.3. The second kappa shape index (κ2) is 17.6. The molecular formula is C39H40F8N6O7. The Morgan fingerprint density at radius 3 is 2.25 bits per heavy atom. The van der Waals surface area contributed by atoms with Gasteiger partial charge in [0.1, 0.15) is 35.6 Å². The van der Waals surface area contributed by atoms with Crippen LogP contribution in [0.5, 0.6) is 11.8 Å². The number of aliphatic carboxylic acids is 2. The van der Waals surface area contributed by atoms with Gasteiger partial charge in [-0.2, -0.15) is 36.3 Å². The second-order valence-electron chi connectivity index (χ2n) is 14.9. The Kier molecular flexibility index (Phi) is 12.9. The average molecular weight is 857 g/mol. The van der Waals surface area contributed by atoms with Gasteiger partial charge in [0.25, 0.3) is 0 Å². The molecule has 9 rings (SSSR count). The molecule has 2 atom stereocenters. The highest BCUT2D eigenvalue weighted by atomic mass is 19.4. The normalized spacial score (nSPS) is 20.9. The maximum absolute atomic E-state index is 16.9. The van der Waals surface area contributed by atoms with Crippen molar-refractivity contribution in [1.82, 2.24) is 24.8 Å². The van der Waals surface area contributed by atoms with Crippen molar-refractivity contribution in [3.63, 3.8) is 0 Å². The molecule has 0 aliphatic carbocycles. The molecule has 60 heavy (non-hydrogen) atoms. The fraction of sp³-hybridized carbons (Fsp3) is 0.487. The van der Waals surface area contributed by atoms with Crippen molar-refractivity contribution >= 4 is 45.3 Å². The van der Waals surface area contributed by atoms with Crippen LogP contribution in [0.4, 0.5) is 40.9 Å². The number of hydrogen-bond acceptors (Lipinski definition) is 10. The Morgan fingerprint density at radius 1 is 0.883 bits per heavy atom. The highest BCUT2D eigenvalue weighted by molar-refractivity contribution is 6.01. The van der Waals surface area contributed by atoms with Crippen molar-refractivity contribution in [2.45, 2.75) is 75.4 Å². The number of carbonyl (C=O) groups is 3. The van der Waals surface area contributed by atoms with Gasteiger partial charge in [-0.05, 0) is 73.5 Å². The Balaban J connectivity index is 0.000000373. The van der Waals surface area contributed by atoms with E-state index in [1.54, 1.807) is 18.3 Å². The number of pyridine rings is 1. The van der Waals surface area contributed by atoms with Crippen LogP contribution in [0, 0.1) is 5.82 Å². The third kappa shape index (κ3) is 9.71. The minimum Gasteiger partial charge on any atom is -0.508 e. The fourth-order valence-corrected chi connectivity index (χ4v) is 8.18. The summed E-state index contributed by atoms with van der Waals surface area (Å²) in [4.78, 5) is 51.3. The number of carbonyl (C=O) groups excluding carboxylic acids is 1. The minimum atomic E-state index is -5.08. The molecule has 324 valence electrons. The Morgan fingerprint density at radius 2 is 1.55 bits per heavy atom. The third-order valence-corrected chi connectivity index (χ3v) is 10.9. The zero-order chi connectivity index (χ0) is 43.6. The van der Waals surface area contributed by atoms with Crippen molar-refractivity contribution in [2.24, 2.45) is 0 Å². The summed E-state index contributed by atoms with van der Waals surface area (Å²) in [7, 11) is 0. The first-order valence-corrected chi connectivity index (χ1v) is 19.0. The van der Waals surface area contributed by atoms with Crippen LogP contribution in [-0.4, -0.2) is 128 Å². The monoisotopic (exact) mass is 856 g/mol. The molecule has 0 spiro atoms. The molecular weight excluding hydrogens is 816 g/mol. The van der Waals surface area contributed by atoms with E-state index in [1.807, 2.05) is 23.1 Å². The predicted octanol–water partition coefficient (Wildman–Crippen LogP) is 6.68. The number of halogens is 8. The number of rotatable bonds is 3. The Hall–Kier alpha value is -5.60. The number of hydrogen-bond donors (Lipinski definition) is 3. The topological polar surface area (TPSA) is 170 Å². The van der Waals surface area contributed by atoms with Gasteiger partial charge in [-0.25, -0.2) is 18.4 Å². The van der Waals surface area contributed by atoms with Crippen LogP contribution in [0.3, 0.4) is 0 Å². The van der Waals surface area contributed by atoms with Gasteiger partial charge in [0.15, 0.2) is 5.82 Å². The number of aryl methyl sites for hydroxylation is 1. The van der Waals surface area contributed by atoms with Gasteiger partial charge in [-0.15, -0.1) is 0 Å². The summed E-state index contributed by atoms with van der Waals surface area (Å²) < 4.78 is 101. The molecule has 1 amide bonds. The van der Waals surface area contributed by atoms with E-state index in [1.165, 1.54) is 0 Å². The average Bonchev–Trinajstić information content (AvgIpc) is 3.58. The smallest absolute Gasteiger partial charge is 0.490 e. The number of ether oxygens (including phenoxy) is 1. The summed E-state index contributed by atoms with van der Waals surface area (Å²) in [5.41, 5.74) is 1.25. The Bertz CT molecular complexity index is 2240. The van der Waals surface area contributed by atoms with E-state index in [0.717, 1.165) is 55.0 Å². The van der Waals surface area contributed by atoms with Gasteiger partial charge in [0.05, 0.1) is 10.9 Å². The lowest BCUT2D eigenvalue weighted by Gasteiger charge is -2.31. The van der Waals surface area contributed by atoms with Gasteiger partial charge in [-0.3, -0.25) is 14.7 Å². The van der Waals surface area contributed by atoms with Gasteiger partial charge in [0.2, 0.25) is 5.91 Å². The molecule has 3 N–H and O–H groups in total. The minimum absolute atomic E-state index is 0.0151. The number of alkyl halides is 7. The largest absolute Gasteiger partial charge is 0.508 e. The standard InChI is InChI=1S/C35H38F2N6O3.2C2HF3O2/c36-24-18-35(10-4-13-43(35)20-24)21-46-34-39-32-27-19-38-31(30(32)37)26-17-25(44)16-23-8-3-7-22(29(23)26)6-1-2-9-28(45)41-11-5-12-42(15-14-41)33(27)40-34;2*3-2(4,5)1(6)7/h3,7-8,16-17,19,24,44H,1-2,4-6,9-15,18,20-21H2;2*(H,6,7)/t24-,35+;;/m1../s1. The van der Waals surface area contributed by atoms with E-state index in [4.69, 9.17) is 29.5 Å². The molecule has 13 nitrogen and oxygen atoms in total. The predicted molar refractivity (Wildman–Crippen MR) is 199 cm³/mol. The molecule has 2 aromatic heterocycles. The number of phenolic OH excluding ortho intramolecular Hbond substituents is 1. The van der Waals surface area contributed by atoms with Crippen molar-refractivity contribution < 1.29 is 69.6 Å². The van der Waals surface area contributed by atoms with E-state index >= 15 is 4.39 Å². The van der Waals surface area contributed by atoms with Crippen LogP contribution in [0.2, 0.25) is 0 Å². The molecule has 0 saturated carbocycles. The molecule has 4 aromatic rings. The highest BCUT2D eigenvalue weighted by Gasteiger charge is 2.49. The Labute approximate surface area is 336 Å². The number of carboxylic acid groups (broad SMARTS) is 2. The first kappa shape index (κ1) is 44.0. The first-order valence-electron chi connectivity index (χ1n) is 19.0. The molecule has 0 unspecified atom stereocenters. The molecule has 0 radical (unpaired) electrons. The summed E-state index contributed by atoms with van der Waals surface area (Å²) in [6.07, 6.45) is -3.78. The van der Waals surface area contributed by atoms with E-state index in [9.17, 15) is 40.6 Å². The van der Waals surface area contributed by atoms with Crippen LogP contribution in [0.25, 0.3) is 32.9 Å². The lowest BCUT2D eigenvalue weighted by Crippen LogP contribution is -2.43. The van der Waals surface area contributed by atoms with Crippen LogP contribution < -0.4 is 9.64 Å². The van der Waals surface area contributed by atoms with Gasteiger partial charge < -0.3 is 29.9 Å². The number of amides is 1. The lowest BCUT2D eigenvalue weighted by atomic mass is 9.93. The molecule has 5 aliphatic heterocycles. The number of phenols is 1. The SMILES string of the molecule is O=C(O)C(F)(F)F.O=C(O)C(F)(F)F.O=C1CCCCc2cccc3cc(O)cc(c23)-c2ncc3c(nc(OC[C@@]45CCCN4C[C@H](F)C5)nc3c2F)N2CCCN1CC2. The number of aromatic hydroxyl groups is 1. The van der Waals surface area contributed by atoms with Gasteiger partial charge in [-0.1, -0.05) is 18.2 Å². The van der Waals surface area contributed by atoms with Gasteiger partial charge >= 0.3 is 30.3 Å². The lowest BCUT2D eigenvalue weighted by molar-refractivity contribution is -0.193. The van der Waals surface area contributed by atoms with Crippen LogP contribution in [0.1, 0.15) is 50.5 Å². The number of anilines is 1. The molecule has 21 heteroatoms. The fourth-order valence-electron chi connectivity index (χ4n) is 8.18. The van der Waals surface area contributed by atoms with Crippen molar-refractivity contribution in [3.05, 3.63) is 47.9 Å². The maximum Gasteiger partial charge on any atom is 0.490 e. The summed E-state index contributed by atoms with van der Waals surface area (Å²) in [5, 5.41) is 27.0. The van der Waals surface area contributed by atoms with Crippen molar-refractivity contribution in [1.29, 1.82) is 0 Å². The van der Waals surface area contributed by atoms with E-state index < -0.39 is 41.8 Å². The van der Waals surface area contributed by atoms with Crippen LogP contribution in [0.15, 0.2) is 36.5 Å². The van der Waals surface area contributed by atoms with Crippen LogP contribution in [-0.2, 0) is 20.8 Å². The van der Waals surface area contributed by atoms with E-state index in [0.29, 0.717) is 68.8 Å². The summed E-state index contributed by atoms with van der Waals surface area (Å²) >= 11 is 0. The zero-order valence-electron chi connectivity index (χ0n) is 31.8. The summed E-state index contributed by atoms with van der Waals surface area (Å²) in [5.74, 6) is -5.46. The number of fused-ring (bicyclic) bond motifs is 6. The number of aromatic nitrogens is 3. The zero-order valence-corrected chi connectivity index (χ0v) is 31.8. The summed E-state index contributed by atoms with van der Waals surface area (Å²) in [6.45, 7) is 3.80. The van der Waals surface area contributed by atoms with E-state index in [2.05, 4.69) is 19.8 Å². The molecule has 3 saturated heterocycles. The number of nitrogens with zero attached hydrogens (tertiary/aromatic N) is 6. The van der Waals surface area contributed by atoms with E-state index in [-0.39, 0.29) is 35.5 Å².